The van der Waals surface area contributed by atoms with Crippen molar-refractivity contribution >= 4 is 23.6 Å². The van der Waals surface area contributed by atoms with E-state index in [1.54, 1.807) is 0 Å². The average molecular weight is 280 g/mol. The summed E-state index contributed by atoms with van der Waals surface area (Å²) in [6.07, 6.45) is 0. The summed E-state index contributed by atoms with van der Waals surface area (Å²) < 4.78 is 0. The van der Waals surface area contributed by atoms with Gasteiger partial charge in [-0.15, -0.1) is 11.8 Å². The zero-order chi connectivity index (χ0) is 13.8. The predicted octanol–water partition coefficient (Wildman–Crippen LogP) is 0.715. The Hall–Kier alpha value is -1.53. The van der Waals surface area contributed by atoms with Crippen LogP contribution in [0.25, 0.3) is 0 Å². The largest absolute Gasteiger partial charge is 0.480 e. The number of amides is 1. The van der Waals surface area contributed by atoms with Gasteiger partial charge in [0.2, 0.25) is 5.91 Å². The number of carbonyl (C=O) groups is 2. The quantitative estimate of drug-likeness (QED) is 0.849. The van der Waals surface area contributed by atoms with Crippen molar-refractivity contribution in [2.24, 2.45) is 5.73 Å². The van der Waals surface area contributed by atoms with Gasteiger partial charge in [0.1, 0.15) is 6.04 Å². The van der Waals surface area contributed by atoms with Crippen LogP contribution in [0.2, 0.25) is 0 Å². The Morgan fingerprint density at radius 2 is 2.11 bits per heavy atom. The van der Waals surface area contributed by atoms with Crippen LogP contribution < -0.4 is 5.73 Å². The van der Waals surface area contributed by atoms with Crippen LogP contribution in [-0.2, 0) is 9.59 Å². The molecule has 0 saturated carbocycles. The van der Waals surface area contributed by atoms with Crippen LogP contribution in [0.3, 0.4) is 0 Å². The van der Waals surface area contributed by atoms with Crippen LogP contribution in [0.1, 0.15) is 11.5 Å². The minimum absolute atomic E-state index is 0.177. The molecule has 1 aromatic carbocycles. The van der Waals surface area contributed by atoms with E-state index in [1.807, 2.05) is 30.3 Å². The molecule has 0 bridgehead atoms. The Kier molecular flexibility index (Phi) is 4.44. The number of nitrogens with zero attached hydrogens (tertiary/aromatic N) is 1. The van der Waals surface area contributed by atoms with E-state index in [2.05, 4.69) is 0 Å². The number of carboxylic acid groups (broad SMARTS) is 1. The highest BCUT2D eigenvalue weighted by Gasteiger charge is 2.37. The van der Waals surface area contributed by atoms with Crippen molar-refractivity contribution < 1.29 is 14.7 Å². The molecule has 6 heteroatoms. The van der Waals surface area contributed by atoms with E-state index in [9.17, 15) is 9.59 Å². The lowest BCUT2D eigenvalue weighted by atomic mass is 9.97. The molecule has 1 fully saturated rings. The molecule has 0 aromatic heterocycles. The maximum absolute atomic E-state index is 12.5. The number of nitrogens with two attached hydrogens (primary N) is 1. The summed E-state index contributed by atoms with van der Waals surface area (Å²) in [5, 5.41) is 9.12. The summed E-state index contributed by atoms with van der Waals surface area (Å²) >= 11 is 1.45. The molecular formula is C13H16N2O3S. The fourth-order valence-corrected chi connectivity index (χ4v) is 3.28. The van der Waals surface area contributed by atoms with Crippen molar-refractivity contribution in [3.05, 3.63) is 35.9 Å². The highest BCUT2D eigenvalue weighted by Crippen LogP contribution is 2.26. The van der Waals surface area contributed by atoms with Crippen molar-refractivity contribution in [2.45, 2.75) is 12.0 Å². The number of carbonyl (C=O) groups excluding carboxylic acids is 1. The number of thioether (sulfide) groups is 1. The van der Waals surface area contributed by atoms with Gasteiger partial charge in [0.25, 0.3) is 0 Å². The lowest BCUT2D eigenvalue weighted by Crippen LogP contribution is -2.45. The molecular weight excluding hydrogens is 264 g/mol. The SMILES string of the molecule is NCC(C(=O)N1CSCC1C(=O)O)c1ccccc1. The van der Waals surface area contributed by atoms with Gasteiger partial charge in [0.15, 0.2) is 0 Å². The first-order chi connectivity index (χ1) is 9.15. The standard InChI is InChI=1S/C13H16N2O3S/c14-6-10(9-4-2-1-3-5-9)12(16)15-8-19-7-11(15)13(17)18/h1-5,10-11H,6-8,14H2,(H,17,18). The second-order valence-corrected chi connectivity index (χ2v) is 5.36. The summed E-state index contributed by atoms with van der Waals surface area (Å²) in [6.45, 7) is 0.177. The van der Waals surface area contributed by atoms with Gasteiger partial charge >= 0.3 is 5.97 Å². The Bertz CT molecular complexity index is 466. The summed E-state index contributed by atoms with van der Waals surface area (Å²) in [7, 11) is 0. The monoisotopic (exact) mass is 280 g/mol. The first-order valence-electron chi connectivity index (χ1n) is 6.01. The van der Waals surface area contributed by atoms with Gasteiger partial charge in [-0.05, 0) is 5.56 Å². The first-order valence-corrected chi connectivity index (χ1v) is 7.16. The predicted molar refractivity (Wildman–Crippen MR) is 73.8 cm³/mol. The van der Waals surface area contributed by atoms with Crippen LogP contribution in [-0.4, -0.2) is 46.1 Å². The van der Waals surface area contributed by atoms with Crippen molar-refractivity contribution in [3.63, 3.8) is 0 Å². The van der Waals surface area contributed by atoms with Crippen LogP contribution in [0, 0.1) is 0 Å². The van der Waals surface area contributed by atoms with Crippen molar-refractivity contribution in [2.75, 3.05) is 18.2 Å². The third-order valence-corrected chi connectivity index (χ3v) is 4.20. The van der Waals surface area contributed by atoms with Gasteiger partial charge in [-0.3, -0.25) is 4.79 Å². The zero-order valence-electron chi connectivity index (χ0n) is 10.4. The molecule has 0 spiro atoms. The molecule has 1 aromatic rings. The average Bonchev–Trinajstić information content (AvgIpc) is 2.90. The summed E-state index contributed by atoms with van der Waals surface area (Å²) in [4.78, 5) is 25.0. The van der Waals surface area contributed by atoms with Gasteiger partial charge in [-0.1, -0.05) is 30.3 Å². The second-order valence-electron chi connectivity index (χ2n) is 4.36. The Labute approximate surface area is 115 Å². The maximum Gasteiger partial charge on any atom is 0.327 e. The van der Waals surface area contributed by atoms with E-state index in [0.29, 0.717) is 11.6 Å². The normalized spacial score (nSPS) is 20.3. The second kappa shape index (κ2) is 6.08. The number of aliphatic carboxylic acids is 1. The fourth-order valence-electron chi connectivity index (χ4n) is 2.13. The van der Waals surface area contributed by atoms with E-state index in [0.717, 1.165) is 5.56 Å². The van der Waals surface area contributed by atoms with Crippen LogP contribution >= 0.6 is 11.8 Å². The number of hydrogen-bond donors (Lipinski definition) is 2. The Morgan fingerprint density at radius 3 is 2.68 bits per heavy atom. The smallest absolute Gasteiger partial charge is 0.327 e. The summed E-state index contributed by atoms with van der Waals surface area (Å²) in [6, 6.07) is 8.50. The highest BCUT2D eigenvalue weighted by molar-refractivity contribution is 7.99. The molecule has 2 atom stereocenters. The van der Waals surface area contributed by atoms with E-state index >= 15 is 0 Å². The van der Waals surface area contributed by atoms with Gasteiger partial charge in [-0.2, -0.15) is 0 Å². The molecule has 1 heterocycles. The molecule has 1 amide bonds. The molecule has 1 aliphatic heterocycles. The zero-order valence-corrected chi connectivity index (χ0v) is 11.2. The molecule has 0 radical (unpaired) electrons. The first kappa shape index (κ1) is 13.9. The van der Waals surface area contributed by atoms with Crippen LogP contribution in [0.5, 0.6) is 0 Å². The van der Waals surface area contributed by atoms with Crippen molar-refractivity contribution in [1.82, 2.24) is 4.90 Å². The third-order valence-electron chi connectivity index (χ3n) is 3.19. The molecule has 2 unspecified atom stereocenters. The Balaban J connectivity index is 2.19. The molecule has 5 nitrogen and oxygen atoms in total. The molecule has 102 valence electrons. The van der Waals surface area contributed by atoms with E-state index in [1.165, 1.54) is 16.7 Å². The highest BCUT2D eigenvalue weighted by atomic mass is 32.2. The topological polar surface area (TPSA) is 83.6 Å². The molecule has 0 aliphatic carbocycles. The van der Waals surface area contributed by atoms with E-state index < -0.39 is 17.9 Å². The molecule has 3 N–H and O–H groups in total. The van der Waals surface area contributed by atoms with Gasteiger partial charge in [0.05, 0.1) is 11.8 Å². The lowest BCUT2D eigenvalue weighted by molar-refractivity contribution is -0.148. The van der Waals surface area contributed by atoms with Gasteiger partial charge in [0, 0.05) is 12.3 Å². The van der Waals surface area contributed by atoms with Gasteiger partial charge < -0.3 is 15.7 Å². The molecule has 1 saturated heterocycles. The van der Waals surface area contributed by atoms with Gasteiger partial charge in [-0.25, -0.2) is 4.79 Å². The number of carboxylic acids is 1. The van der Waals surface area contributed by atoms with Crippen LogP contribution in [0.15, 0.2) is 30.3 Å². The maximum atomic E-state index is 12.5. The van der Waals surface area contributed by atoms with E-state index in [-0.39, 0.29) is 12.5 Å². The molecule has 1 aliphatic rings. The number of benzene rings is 1. The van der Waals surface area contributed by atoms with Crippen LogP contribution in [0.4, 0.5) is 0 Å². The molecule has 2 rings (SSSR count). The van der Waals surface area contributed by atoms with E-state index in [4.69, 9.17) is 10.8 Å². The van der Waals surface area contributed by atoms with Crippen molar-refractivity contribution in [1.29, 1.82) is 0 Å². The third kappa shape index (κ3) is 2.90. The minimum Gasteiger partial charge on any atom is -0.480 e. The summed E-state index contributed by atoms with van der Waals surface area (Å²) in [5.41, 5.74) is 6.52. The number of rotatable bonds is 4. The number of hydrogen-bond acceptors (Lipinski definition) is 4. The summed E-state index contributed by atoms with van der Waals surface area (Å²) in [5.74, 6) is -0.776. The minimum atomic E-state index is -0.956. The van der Waals surface area contributed by atoms with Crippen molar-refractivity contribution in [3.8, 4) is 0 Å². The fraction of sp³-hybridized carbons (Fsp3) is 0.385. The Morgan fingerprint density at radius 1 is 1.42 bits per heavy atom. The lowest BCUT2D eigenvalue weighted by Gasteiger charge is -2.25. The molecule has 19 heavy (non-hydrogen) atoms.